The van der Waals surface area contributed by atoms with Crippen molar-refractivity contribution in [3.05, 3.63) is 47.6 Å². The number of aliphatic hydroxyl groups is 1. The van der Waals surface area contributed by atoms with Crippen LogP contribution < -0.4 is 5.32 Å². The van der Waals surface area contributed by atoms with Gasteiger partial charge in [-0.2, -0.15) is 0 Å². The van der Waals surface area contributed by atoms with Gasteiger partial charge in [-0.25, -0.2) is 8.78 Å². The van der Waals surface area contributed by atoms with Crippen LogP contribution >= 0.6 is 0 Å². The Balaban J connectivity index is 5.34. The zero-order valence-electron chi connectivity index (χ0n) is 14.6. The predicted molar refractivity (Wildman–Crippen MR) is 94.7 cm³/mol. The lowest BCUT2D eigenvalue weighted by Crippen LogP contribution is -2.34. The SMILES string of the molecule is C=C(/C=C\C(=O)C(/C=N\C/C=C\C)=C(/C)CNC)C(C)(O)C(F)F. The molecule has 0 radical (unpaired) electrons. The van der Waals surface area contributed by atoms with Gasteiger partial charge in [0.15, 0.2) is 5.78 Å². The predicted octanol–water partition coefficient (Wildman–Crippen LogP) is 2.87. The minimum absolute atomic E-state index is 0.234. The zero-order valence-corrected chi connectivity index (χ0v) is 14.6. The lowest BCUT2D eigenvalue weighted by atomic mass is 9.96. The largest absolute Gasteiger partial charge is 0.379 e. The first-order valence-electron chi connectivity index (χ1n) is 7.56. The molecule has 0 amide bonds. The van der Waals surface area contributed by atoms with E-state index in [2.05, 4.69) is 16.9 Å². The van der Waals surface area contributed by atoms with E-state index in [-0.39, 0.29) is 5.57 Å². The summed E-state index contributed by atoms with van der Waals surface area (Å²) in [5.74, 6) is -0.391. The molecule has 0 fully saturated rings. The third-order valence-electron chi connectivity index (χ3n) is 3.35. The molecule has 6 heteroatoms. The molecule has 1 unspecified atom stereocenters. The molecule has 0 rings (SSSR count). The van der Waals surface area contributed by atoms with Gasteiger partial charge < -0.3 is 10.4 Å². The average Bonchev–Trinajstić information content (AvgIpc) is 2.52. The van der Waals surface area contributed by atoms with E-state index < -0.39 is 17.8 Å². The van der Waals surface area contributed by atoms with Crippen molar-refractivity contribution in [2.45, 2.75) is 32.8 Å². The summed E-state index contributed by atoms with van der Waals surface area (Å²) >= 11 is 0. The summed E-state index contributed by atoms with van der Waals surface area (Å²) in [5, 5.41) is 12.6. The highest BCUT2D eigenvalue weighted by Crippen LogP contribution is 2.24. The highest BCUT2D eigenvalue weighted by atomic mass is 19.3. The van der Waals surface area contributed by atoms with Crippen molar-refractivity contribution in [3.8, 4) is 0 Å². The first kappa shape index (κ1) is 22.1. The molecular weight excluding hydrogens is 314 g/mol. The Morgan fingerprint density at radius 2 is 2.04 bits per heavy atom. The summed E-state index contributed by atoms with van der Waals surface area (Å²) in [4.78, 5) is 16.5. The molecule has 0 aliphatic rings. The number of allylic oxidation sites excluding steroid dienone is 3. The fourth-order valence-corrected chi connectivity index (χ4v) is 1.63. The number of aliphatic imine (C=N–C) groups is 1. The van der Waals surface area contributed by atoms with Gasteiger partial charge in [-0.1, -0.05) is 24.8 Å². The number of hydrogen-bond acceptors (Lipinski definition) is 4. The number of halogens is 2. The Morgan fingerprint density at radius 1 is 1.42 bits per heavy atom. The molecule has 0 saturated carbocycles. The molecule has 0 aromatic carbocycles. The highest BCUT2D eigenvalue weighted by Gasteiger charge is 2.34. The van der Waals surface area contributed by atoms with Gasteiger partial charge in [-0.3, -0.25) is 9.79 Å². The number of rotatable bonds is 10. The van der Waals surface area contributed by atoms with Crippen molar-refractivity contribution in [3.63, 3.8) is 0 Å². The zero-order chi connectivity index (χ0) is 18.8. The van der Waals surface area contributed by atoms with Crippen molar-refractivity contribution in [2.24, 2.45) is 4.99 Å². The Labute approximate surface area is 142 Å². The van der Waals surface area contributed by atoms with Gasteiger partial charge in [0.2, 0.25) is 0 Å². The second-order valence-electron chi connectivity index (χ2n) is 5.46. The minimum Gasteiger partial charge on any atom is -0.379 e. The number of ketones is 1. The number of alkyl halides is 2. The Kier molecular flexibility index (Phi) is 9.92. The van der Waals surface area contributed by atoms with Crippen LogP contribution in [0.25, 0.3) is 0 Å². The van der Waals surface area contributed by atoms with Crippen molar-refractivity contribution in [1.82, 2.24) is 5.32 Å². The van der Waals surface area contributed by atoms with Crippen LogP contribution in [-0.2, 0) is 4.79 Å². The molecule has 134 valence electrons. The van der Waals surface area contributed by atoms with Gasteiger partial charge in [-0.05, 0) is 45.0 Å². The molecule has 0 aromatic rings. The molecule has 2 N–H and O–H groups in total. The quantitative estimate of drug-likeness (QED) is 0.278. The minimum atomic E-state index is -2.99. The van der Waals surface area contributed by atoms with Crippen molar-refractivity contribution < 1.29 is 18.7 Å². The van der Waals surface area contributed by atoms with Gasteiger partial charge in [0.1, 0.15) is 5.60 Å². The van der Waals surface area contributed by atoms with Gasteiger partial charge in [0, 0.05) is 18.3 Å². The molecule has 4 nitrogen and oxygen atoms in total. The van der Waals surface area contributed by atoms with Crippen LogP contribution in [0.2, 0.25) is 0 Å². The number of carbonyl (C=O) groups is 1. The number of hydrogen-bond donors (Lipinski definition) is 2. The summed E-state index contributed by atoms with van der Waals surface area (Å²) in [7, 11) is 1.75. The normalized spacial score (nSPS) is 16.2. The molecule has 24 heavy (non-hydrogen) atoms. The molecule has 0 aliphatic carbocycles. The van der Waals surface area contributed by atoms with E-state index in [9.17, 15) is 18.7 Å². The Hall–Kier alpha value is -1.92. The molecular formula is C18H26F2N2O2. The van der Waals surface area contributed by atoms with E-state index in [1.54, 1.807) is 14.0 Å². The van der Waals surface area contributed by atoms with Crippen LogP contribution in [0.5, 0.6) is 0 Å². The molecule has 0 heterocycles. The van der Waals surface area contributed by atoms with E-state index in [1.807, 2.05) is 19.1 Å². The van der Waals surface area contributed by atoms with Gasteiger partial charge in [0.05, 0.1) is 6.54 Å². The third-order valence-corrected chi connectivity index (χ3v) is 3.35. The third kappa shape index (κ3) is 7.10. The molecule has 0 spiro atoms. The smallest absolute Gasteiger partial charge is 0.270 e. The lowest BCUT2D eigenvalue weighted by Gasteiger charge is -2.22. The standard InChI is InChI=1S/C18H26F2N2O2/c1-6-7-10-22-12-15(13(2)11-21-5)16(23)9-8-14(3)18(4,24)17(19)20/h6-9,12,17,21,24H,3,10-11H2,1-2,4-5H3/b7-6-,9-8-,15-13-,22-12-. The van der Waals surface area contributed by atoms with Crippen LogP contribution in [0.3, 0.4) is 0 Å². The summed E-state index contributed by atoms with van der Waals surface area (Å²) < 4.78 is 25.5. The van der Waals surface area contributed by atoms with Gasteiger partial charge >= 0.3 is 0 Å². The van der Waals surface area contributed by atoms with E-state index >= 15 is 0 Å². The second-order valence-corrected chi connectivity index (χ2v) is 5.46. The molecule has 0 bridgehead atoms. The van der Waals surface area contributed by atoms with E-state index in [1.165, 1.54) is 6.21 Å². The Morgan fingerprint density at radius 3 is 2.54 bits per heavy atom. The number of likely N-dealkylation sites (N-methyl/N-ethyl adjacent to an activating group) is 1. The van der Waals surface area contributed by atoms with Crippen LogP contribution in [0.1, 0.15) is 20.8 Å². The molecule has 0 saturated heterocycles. The second kappa shape index (κ2) is 10.8. The fourth-order valence-electron chi connectivity index (χ4n) is 1.63. The number of nitrogens with zero attached hydrogens (tertiary/aromatic N) is 1. The van der Waals surface area contributed by atoms with E-state index in [0.717, 1.165) is 24.6 Å². The maximum atomic E-state index is 12.7. The fraction of sp³-hybridized carbons (Fsp3) is 0.444. The summed E-state index contributed by atoms with van der Waals surface area (Å²) in [5.41, 5.74) is -1.47. The van der Waals surface area contributed by atoms with Crippen molar-refractivity contribution in [2.75, 3.05) is 20.1 Å². The van der Waals surface area contributed by atoms with Crippen molar-refractivity contribution in [1.29, 1.82) is 0 Å². The molecule has 1 atom stereocenters. The first-order valence-corrected chi connectivity index (χ1v) is 7.56. The number of carbonyl (C=O) groups excluding carboxylic acids is 1. The van der Waals surface area contributed by atoms with Gasteiger partial charge in [-0.15, -0.1) is 0 Å². The first-order chi connectivity index (χ1) is 11.2. The van der Waals surface area contributed by atoms with Crippen LogP contribution in [0.15, 0.2) is 52.6 Å². The van der Waals surface area contributed by atoms with Crippen LogP contribution in [-0.4, -0.2) is 49.3 Å². The summed E-state index contributed by atoms with van der Waals surface area (Å²) in [6, 6.07) is 0. The maximum Gasteiger partial charge on any atom is 0.270 e. The van der Waals surface area contributed by atoms with Crippen molar-refractivity contribution >= 4 is 12.0 Å². The molecule has 0 aliphatic heterocycles. The highest BCUT2D eigenvalue weighted by molar-refractivity contribution is 6.19. The summed E-state index contributed by atoms with van der Waals surface area (Å²) in [6.07, 6.45) is 4.39. The monoisotopic (exact) mass is 340 g/mol. The lowest BCUT2D eigenvalue weighted by molar-refractivity contribution is -0.110. The Bertz CT molecular complexity index is 559. The maximum absolute atomic E-state index is 12.7. The van der Waals surface area contributed by atoms with Crippen LogP contribution in [0.4, 0.5) is 8.78 Å². The van der Waals surface area contributed by atoms with E-state index in [4.69, 9.17) is 0 Å². The molecule has 0 aromatic heterocycles. The van der Waals surface area contributed by atoms with Gasteiger partial charge in [0.25, 0.3) is 6.43 Å². The topological polar surface area (TPSA) is 61.7 Å². The summed E-state index contributed by atoms with van der Waals surface area (Å²) in [6.45, 7) is 8.94. The number of nitrogens with one attached hydrogen (secondary N) is 1. The average molecular weight is 340 g/mol. The van der Waals surface area contributed by atoms with Crippen LogP contribution in [0, 0.1) is 0 Å². The van der Waals surface area contributed by atoms with E-state index in [0.29, 0.717) is 18.7 Å².